The SMILES string of the molecule is CC(=O)OCCO[C@H](C)Cn1ccc(NC(=O)c2ccc(C(C)(C)C)cc2)nc1=O. The van der Waals surface area contributed by atoms with Gasteiger partial charge in [0.15, 0.2) is 0 Å². The summed E-state index contributed by atoms with van der Waals surface area (Å²) in [6.45, 7) is 10.1. The van der Waals surface area contributed by atoms with E-state index in [9.17, 15) is 14.4 Å². The Hall–Kier alpha value is -3.00. The molecule has 1 amide bonds. The lowest BCUT2D eigenvalue weighted by Crippen LogP contribution is -2.29. The average Bonchev–Trinajstić information content (AvgIpc) is 2.66. The molecule has 0 saturated carbocycles. The van der Waals surface area contributed by atoms with Crippen LogP contribution in [-0.4, -0.2) is 40.7 Å². The molecule has 162 valence electrons. The number of ether oxygens (including phenoxy) is 2. The van der Waals surface area contributed by atoms with Crippen LogP contribution in [0.4, 0.5) is 5.82 Å². The van der Waals surface area contributed by atoms with Crippen LogP contribution in [0.25, 0.3) is 0 Å². The van der Waals surface area contributed by atoms with E-state index in [1.54, 1.807) is 31.3 Å². The van der Waals surface area contributed by atoms with Crippen molar-refractivity contribution in [2.24, 2.45) is 0 Å². The molecule has 0 bridgehead atoms. The molecule has 8 heteroatoms. The molecule has 0 radical (unpaired) electrons. The summed E-state index contributed by atoms with van der Waals surface area (Å²) < 4.78 is 11.7. The van der Waals surface area contributed by atoms with Crippen LogP contribution in [0.5, 0.6) is 0 Å². The highest BCUT2D eigenvalue weighted by molar-refractivity contribution is 6.03. The van der Waals surface area contributed by atoms with Crippen molar-refractivity contribution in [1.82, 2.24) is 9.55 Å². The van der Waals surface area contributed by atoms with E-state index in [0.717, 1.165) is 5.56 Å². The number of esters is 1. The van der Waals surface area contributed by atoms with Crippen molar-refractivity contribution in [1.29, 1.82) is 0 Å². The van der Waals surface area contributed by atoms with Gasteiger partial charge in [0.05, 0.1) is 19.3 Å². The number of nitrogens with zero attached hydrogens (tertiary/aromatic N) is 2. The predicted molar refractivity (Wildman–Crippen MR) is 114 cm³/mol. The van der Waals surface area contributed by atoms with Gasteiger partial charge in [0.25, 0.3) is 5.91 Å². The van der Waals surface area contributed by atoms with Crippen molar-refractivity contribution in [2.45, 2.75) is 52.7 Å². The van der Waals surface area contributed by atoms with E-state index in [-0.39, 0.29) is 49.0 Å². The second-order valence-corrected chi connectivity index (χ2v) is 8.05. The van der Waals surface area contributed by atoms with E-state index < -0.39 is 5.69 Å². The van der Waals surface area contributed by atoms with Crippen molar-refractivity contribution in [3.8, 4) is 0 Å². The Morgan fingerprint density at radius 1 is 1.13 bits per heavy atom. The van der Waals surface area contributed by atoms with Crippen LogP contribution >= 0.6 is 0 Å². The van der Waals surface area contributed by atoms with Crippen LogP contribution in [0, 0.1) is 0 Å². The molecule has 1 aromatic heterocycles. The molecule has 0 saturated heterocycles. The third-order valence-electron chi connectivity index (χ3n) is 4.37. The van der Waals surface area contributed by atoms with Gasteiger partial charge in [-0.1, -0.05) is 32.9 Å². The Morgan fingerprint density at radius 2 is 1.80 bits per heavy atom. The van der Waals surface area contributed by atoms with Crippen molar-refractivity contribution < 1.29 is 19.1 Å². The summed E-state index contributed by atoms with van der Waals surface area (Å²) in [7, 11) is 0. The lowest BCUT2D eigenvalue weighted by Gasteiger charge is -2.19. The van der Waals surface area contributed by atoms with E-state index in [2.05, 4.69) is 31.1 Å². The molecule has 30 heavy (non-hydrogen) atoms. The number of rotatable bonds is 8. The first-order valence-corrected chi connectivity index (χ1v) is 9.80. The lowest BCUT2D eigenvalue weighted by molar-refractivity contribution is -0.143. The number of carbonyl (C=O) groups excluding carboxylic acids is 2. The van der Waals surface area contributed by atoms with E-state index in [0.29, 0.717) is 5.56 Å². The highest BCUT2D eigenvalue weighted by Gasteiger charge is 2.15. The summed E-state index contributed by atoms with van der Waals surface area (Å²) in [5.41, 5.74) is 1.13. The quantitative estimate of drug-likeness (QED) is 0.526. The normalized spacial score (nSPS) is 12.3. The van der Waals surface area contributed by atoms with Gasteiger partial charge in [-0.3, -0.25) is 14.2 Å². The zero-order chi connectivity index (χ0) is 22.3. The van der Waals surface area contributed by atoms with Crippen molar-refractivity contribution in [3.63, 3.8) is 0 Å². The zero-order valence-corrected chi connectivity index (χ0v) is 18.1. The average molecular weight is 415 g/mol. The van der Waals surface area contributed by atoms with E-state index in [1.807, 2.05) is 12.1 Å². The third-order valence-corrected chi connectivity index (χ3v) is 4.37. The monoisotopic (exact) mass is 415 g/mol. The molecule has 8 nitrogen and oxygen atoms in total. The third kappa shape index (κ3) is 7.11. The zero-order valence-electron chi connectivity index (χ0n) is 18.1. The number of hydrogen-bond acceptors (Lipinski definition) is 6. The summed E-state index contributed by atoms with van der Waals surface area (Å²) in [5.74, 6) is -0.513. The summed E-state index contributed by atoms with van der Waals surface area (Å²) >= 11 is 0. The Labute approximate surface area is 176 Å². The second kappa shape index (κ2) is 10.2. The van der Waals surface area contributed by atoms with E-state index in [1.165, 1.54) is 11.5 Å². The first-order valence-electron chi connectivity index (χ1n) is 9.80. The topological polar surface area (TPSA) is 99.5 Å². The molecule has 1 N–H and O–H groups in total. The van der Waals surface area contributed by atoms with Crippen LogP contribution in [0.2, 0.25) is 0 Å². The number of carbonyl (C=O) groups is 2. The van der Waals surface area contributed by atoms with Gasteiger partial charge in [-0.15, -0.1) is 0 Å². The lowest BCUT2D eigenvalue weighted by atomic mass is 9.87. The van der Waals surface area contributed by atoms with Gasteiger partial charge in [0.1, 0.15) is 12.4 Å². The number of benzene rings is 1. The molecule has 0 spiro atoms. The van der Waals surface area contributed by atoms with Gasteiger partial charge in [-0.05, 0) is 36.1 Å². The second-order valence-electron chi connectivity index (χ2n) is 8.05. The van der Waals surface area contributed by atoms with Crippen LogP contribution in [0.3, 0.4) is 0 Å². The highest BCUT2D eigenvalue weighted by Crippen LogP contribution is 2.22. The van der Waals surface area contributed by atoms with Crippen molar-refractivity contribution >= 4 is 17.7 Å². The molecule has 0 aliphatic heterocycles. The summed E-state index contributed by atoms with van der Waals surface area (Å²) in [6.07, 6.45) is 1.28. The maximum Gasteiger partial charge on any atom is 0.349 e. The first kappa shape index (κ1) is 23.3. The number of aromatic nitrogens is 2. The van der Waals surface area contributed by atoms with Crippen molar-refractivity contribution in [3.05, 3.63) is 58.1 Å². The molecule has 0 aliphatic carbocycles. The summed E-state index contributed by atoms with van der Waals surface area (Å²) in [5, 5.41) is 2.65. The van der Waals surface area contributed by atoms with Gasteiger partial charge in [-0.2, -0.15) is 4.98 Å². The van der Waals surface area contributed by atoms with Gasteiger partial charge in [0.2, 0.25) is 0 Å². The molecule has 0 aliphatic rings. The molecule has 2 rings (SSSR count). The molecule has 2 aromatic rings. The molecule has 1 aromatic carbocycles. The molecular weight excluding hydrogens is 386 g/mol. The van der Waals surface area contributed by atoms with Gasteiger partial charge in [0, 0.05) is 18.7 Å². The highest BCUT2D eigenvalue weighted by atomic mass is 16.6. The smallest absolute Gasteiger partial charge is 0.349 e. The minimum absolute atomic E-state index is 0.00236. The first-order chi connectivity index (χ1) is 14.1. The fourth-order valence-corrected chi connectivity index (χ4v) is 2.71. The van der Waals surface area contributed by atoms with E-state index in [4.69, 9.17) is 9.47 Å². The Morgan fingerprint density at radius 3 is 2.37 bits per heavy atom. The molecule has 0 unspecified atom stereocenters. The maximum atomic E-state index is 12.4. The molecule has 1 heterocycles. The Balaban J connectivity index is 1.94. The van der Waals surface area contributed by atoms with Crippen molar-refractivity contribution in [2.75, 3.05) is 18.5 Å². The van der Waals surface area contributed by atoms with Gasteiger partial charge in [-0.25, -0.2) is 4.79 Å². The minimum Gasteiger partial charge on any atom is -0.463 e. The standard InChI is InChI=1S/C22H29N3O5/c1-15(29-12-13-30-16(2)26)14-25-11-10-19(24-21(25)28)23-20(27)17-6-8-18(9-7-17)22(3,4)5/h6-11,15H,12-14H2,1-5H3,(H,23,24,27,28)/t15-/m1/s1. The molecular formula is C22H29N3O5. The van der Waals surface area contributed by atoms with Crippen LogP contribution in [0.1, 0.15) is 50.5 Å². The molecule has 1 atom stereocenters. The van der Waals surface area contributed by atoms with E-state index >= 15 is 0 Å². The molecule has 0 fully saturated rings. The number of hydrogen-bond donors (Lipinski definition) is 1. The van der Waals surface area contributed by atoms with Crippen LogP contribution in [-0.2, 0) is 26.2 Å². The number of amides is 1. The fourth-order valence-electron chi connectivity index (χ4n) is 2.71. The number of nitrogens with one attached hydrogen (secondary N) is 1. The van der Waals surface area contributed by atoms with Gasteiger partial charge < -0.3 is 14.8 Å². The largest absolute Gasteiger partial charge is 0.463 e. The summed E-state index contributed by atoms with van der Waals surface area (Å²) in [6, 6.07) is 8.92. The Bertz CT molecular complexity index is 929. The number of anilines is 1. The van der Waals surface area contributed by atoms with Crippen LogP contribution < -0.4 is 11.0 Å². The van der Waals surface area contributed by atoms with Crippen LogP contribution in [0.15, 0.2) is 41.3 Å². The van der Waals surface area contributed by atoms with Gasteiger partial charge >= 0.3 is 11.7 Å². The minimum atomic E-state index is -0.494. The Kier molecular flexibility index (Phi) is 7.88. The fraction of sp³-hybridized carbons (Fsp3) is 0.455. The predicted octanol–water partition coefficient (Wildman–Crippen LogP) is 2.76. The maximum absolute atomic E-state index is 12.4. The summed E-state index contributed by atoms with van der Waals surface area (Å²) in [4.78, 5) is 39.3.